The Morgan fingerprint density at radius 2 is 1.94 bits per heavy atom. The van der Waals surface area contributed by atoms with Crippen molar-refractivity contribution in [2.75, 3.05) is 0 Å². The highest BCUT2D eigenvalue weighted by atomic mass is 14.9. The SMILES string of the molecule is Cc1nc(C#N)cc(-c2ccc(CN)cc2)n1. The smallest absolute Gasteiger partial charge is 0.144 e. The Morgan fingerprint density at radius 1 is 1.24 bits per heavy atom. The van der Waals surface area contributed by atoms with Crippen molar-refractivity contribution in [2.24, 2.45) is 5.73 Å². The van der Waals surface area contributed by atoms with Gasteiger partial charge in [-0.15, -0.1) is 0 Å². The maximum absolute atomic E-state index is 8.86. The highest BCUT2D eigenvalue weighted by Gasteiger charge is 2.03. The molecule has 2 N–H and O–H groups in total. The summed E-state index contributed by atoms with van der Waals surface area (Å²) in [6, 6.07) is 11.5. The summed E-state index contributed by atoms with van der Waals surface area (Å²) in [5, 5.41) is 8.86. The van der Waals surface area contributed by atoms with Crippen molar-refractivity contribution < 1.29 is 0 Å². The van der Waals surface area contributed by atoms with Crippen LogP contribution in [0.25, 0.3) is 11.3 Å². The zero-order valence-corrected chi connectivity index (χ0v) is 9.51. The van der Waals surface area contributed by atoms with Gasteiger partial charge in [-0.3, -0.25) is 0 Å². The van der Waals surface area contributed by atoms with E-state index in [1.54, 1.807) is 13.0 Å². The maximum Gasteiger partial charge on any atom is 0.144 e. The van der Waals surface area contributed by atoms with Gasteiger partial charge in [0, 0.05) is 18.2 Å². The molecule has 0 unspecified atom stereocenters. The lowest BCUT2D eigenvalue weighted by Crippen LogP contribution is -1.97. The summed E-state index contributed by atoms with van der Waals surface area (Å²) in [5.41, 5.74) is 8.72. The maximum atomic E-state index is 8.86. The average molecular weight is 224 g/mol. The van der Waals surface area contributed by atoms with Gasteiger partial charge in [0.25, 0.3) is 0 Å². The third-order valence-electron chi connectivity index (χ3n) is 2.44. The Labute approximate surface area is 99.8 Å². The van der Waals surface area contributed by atoms with Gasteiger partial charge in [0.1, 0.15) is 17.6 Å². The first-order valence-electron chi connectivity index (χ1n) is 5.28. The van der Waals surface area contributed by atoms with Gasteiger partial charge in [-0.1, -0.05) is 24.3 Å². The first kappa shape index (κ1) is 11.2. The van der Waals surface area contributed by atoms with Crippen molar-refractivity contribution in [1.82, 2.24) is 9.97 Å². The Kier molecular flexibility index (Phi) is 3.12. The standard InChI is InChI=1S/C13H12N4/c1-9-16-12(8-15)6-13(17-9)11-4-2-10(7-14)3-5-11/h2-6H,7,14H2,1H3. The minimum absolute atomic E-state index is 0.385. The van der Waals surface area contributed by atoms with E-state index < -0.39 is 0 Å². The van der Waals surface area contributed by atoms with Crippen LogP contribution in [0.1, 0.15) is 17.1 Å². The molecular formula is C13H12N4. The minimum Gasteiger partial charge on any atom is -0.326 e. The van der Waals surface area contributed by atoms with Gasteiger partial charge < -0.3 is 5.73 Å². The summed E-state index contributed by atoms with van der Waals surface area (Å²) >= 11 is 0. The average Bonchev–Trinajstić information content (AvgIpc) is 2.38. The first-order valence-corrected chi connectivity index (χ1v) is 5.28. The number of aromatic nitrogens is 2. The van der Waals surface area contributed by atoms with Crippen LogP contribution in [-0.2, 0) is 6.54 Å². The zero-order valence-electron chi connectivity index (χ0n) is 9.51. The number of rotatable bonds is 2. The summed E-state index contributed by atoms with van der Waals surface area (Å²) < 4.78 is 0. The second-order valence-electron chi connectivity index (χ2n) is 3.70. The van der Waals surface area contributed by atoms with Crippen molar-refractivity contribution in [3.63, 3.8) is 0 Å². The molecule has 4 nitrogen and oxygen atoms in total. The molecule has 0 saturated heterocycles. The fourth-order valence-corrected chi connectivity index (χ4v) is 1.58. The predicted octanol–water partition coefficient (Wildman–Crippen LogP) is 1.78. The third kappa shape index (κ3) is 2.47. The quantitative estimate of drug-likeness (QED) is 0.843. The highest BCUT2D eigenvalue weighted by Crippen LogP contribution is 2.18. The molecule has 0 atom stereocenters. The number of nitrogens with zero attached hydrogens (tertiary/aromatic N) is 3. The molecule has 0 saturated carbocycles. The van der Waals surface area contributed by atoms with Crippen LogP contribution in [0, 0.1) is 18.3 Å². The Bertz CT molecular complexity index is 567. The molecule has 1 aromatic carbocycles. The van der Waals surface area contributed by atoms with Gasteiger partial charge in [0.2, 0.25) is 0 Å². The van der Waals surface area contributed by atoms with E-state index in [9.17, 15) is 0 Å². The second kappa shape index (κ2) is 4.73. The monoisotopic (exact) mass is 224 g/mol. The molecular weight excluding hydrogens is 212 g/mol. The molecule has 1 heterocycles. The molecule has 0 aliphatic carbocycles. The minimum atomic E-state index is 0.385. The number of nitrogens with two attached hydrogens (primary N) is 1. The van der Waals surface area contributed by atoms with Crippen molar-refractivity contribution >= 4 is 0 Å². The molecule has 2 rings (SSSR count). The fraction of sp³-hybridized carbons (Fsp3) is 0.154. The molecule has 0 aliphatic heterocycles. The molecule has 0 amide bonds. The Hall–Kier alpha value is -2.25. The van der Waals surface area contributed by atoms with Crippen LogP contribution in [0.3, 0.4) is 0 Å². The van der Waals surface area contributed by atoms with Gasteiger partial charge in [-0.2, -0.15) is 5.26 Å². The van der Waals surface area contributed by atoms with Crippen LogP contribution in [-0.4, -0.2) is 9.97 Å². The molecule has 0 radical (unpaired) electrons. The van der Waals surface area contributed by atoms with Gasteiger partial charge in [0.05, 0.1) is 5.69 Å². The van der Waals surface area contributed by atoms with Gasteiger partial charge in [-0.05, 0) is 12.5 Å². The van der Waals surface area contributed by atoms with Crippen molar-refractivity contribution in [3.8, 4) is 17.3 Å². The Morgan fingerprint density at radius 3 is 2.53 bits per heavy atom. The lowest BCUT2D eigenvalue weighted by Gasteiger charge is -2.03. The normalized spacial score (nSPS) is 9.94. The zero-order chi connectivity index (χ0) is 12.3. The molecule has 2 aromatic rings. The van der Waals surface area contributed by atoms with Crippen LogP contribution in [0.4, 0.5) is 0 Å². The first-order chi connectivity index (χ1) is 8.22. The summed E-state index contributed by atoms with van der Waals surface area (Å²) in [6.07, 6.45) is 0. The van der Waals surface area contributed by atoms with Crippen molar-refractivity contribution in [2.45, 2.75) is 13.5 Å². The molecule has 17 heavy (non-hydrogen) atoms. The number of aryl methyl sites for hydroxylation is 1. The van der Waals surface area contributed by atoms with E-state index in [1.165, 1.54) is 0 Å². The van der Waals surface area contributed by atoms with E-state index in [0.717, 1.165) is 16.8 Å². The van der Waals surface area contributed by atoms with Gasteiger partial charge in [0.15, 0.2) is 0 Å². The van der Waals surface area contributed by atoms with Crippen LogP contribution < -0.4 is 5.73 Å². The lowest BCUT2D eigenvalue weighted by atomic mass is 10.1. The van der Waals surface area contributed by atoms with Crippen LogP contribution >= 0.6 is 0 Å². The van der Waals surface area contributed by atoms with E-state index in [-0.39, 0.29) is 0 Å². The van der Waals surface area contributed by atoms with Gasteiger partial charge in [-0.25, -0.2) is 9.97 Å². The molecule has 0 spiro atoms. The van der Waals surface area contributed by atoms with Crippen LogP contribution in [0.2, 0.25) is 0 Å². The predicted molar refractivity (Wildman–Crippen MR) is 64.8 cm³/mol. The molecule has 0 bridgehead atoms. The number of hydrogen-bond donors (Lipinski definition) is 1. The van der Waals surface area contributed by atoms with Crippen molar-refractivity contribution in [3.05, 3.63) is 47.4 Å². The van der Waals surface area contributed by atoms with Crippen LogP contribution in [0.5, 0.6) is 0 Å². The molecule has 1 aromatic heterocycles. The largest absolute Gasteiger partial charge is 0.326 e. The van der Waals surface area contributed by atoms with E-state index in [0.29, 0.717) is 18.1 Å². The summed E-state index contributed by atoms with van der Waals surface area (Å²) in [7, 11) is 0. The van der Waals surface area contributed by atoms with E-state index in [4.69, 9.17) is 11.0 Å². The molecule has 0 fully saturated rings. The molecule has 4 heteroatoms. The van der Waals surface area contributed by atoms with E-state index >= 15 is 0 Å². The summed E-state index contributed by atoms with van der Waals surface area (Å²) in [5.74, 6) is 0.599. The summed E-state index contributed by atoms with van der Waals surface area (Å²) in [6.45, 7) is 2.30. The number of benzene rings is 1. The second-order valence-corrected chi connectivity index (χ2v) is 3.70. The number of nitriles is 1. The van der Waals surface area contributed by atoms with E-state index in [1.807, 2.05) is 30.3 Å². The van der Waals surface area contributed by atoms with E-state index in [2.05, 4.69) is 9.97 Å². The van der Waals surface area contributed by atoms with Crippen molar-refractivity contribution in [1.29, 1.82) is 5.26 Å². The highest BCUT2D eigenvalue weighted by molar-refractivity contribution is 5.60. The summed E-state index contributed by atoms with van der Waals surface area (Å²) in [4.78, 5) is 8.33. The number of hydrogen-bond acceptors (Lipinski definition) is 4. The third-order valence-corrected chi connectivity index (χ3v) is 2.44. The molecule has 84 valence electrons. The Balaban J connectivity index is 2.45. The topological polar surface area (TPSA) is 75.6 Å². The van der Waals surface area contributed by atoms with Gasteiger partial charge >= 0.3 is 0 Å². The molecule has 0 aliphatic rings. The lowest BCUT2D eigenvalue weighted by molar-refractivity contribution is 1.04. The fourth-order valence-electron chi connectivity index (χ4n) is 1.58. The van der Waals surface area contributed by atoms with Crippen LogP contribution in [0.15, 0.2) is 30.3 Å².